The largest absolute Gasteiger partial charge is 0.469 e. The second-order valence-corrected chi connectivity index (χ2v) is 7.68. The number of methoxy groups -OCH3 is 2. The van der Waals surface area contributed by atoms with Crippen LogP contribution in [-0.4, -0.2) is 38.4 Å². The van der Waals surface area contributed by atoms with Crippen molar-refractivity contribution in [2.75, 3.05) is 14.2 Å². The Kier molecular flexibility index (Phi) is 9.92. The molecule has 0 saturated heterocycles. The molecule has 1 heterocycles. The molecule has 2 rings (SSSR count). The maximum Gasteiger partial charge on any atom is 0.432 e. The zero-order chi connectivity index (χ0) is 25.2. The zero-order valence-corrected chi connectivity index (χ0v) is 19.4. The van der Waals surface area contributed by atoms with Crippen LogP contribution in [-0.2, 0) is 35.8 Å². The topological polar surface area (TPSA) is 75.0 Å². The predicted octanol–water partition coefficient (Wildman–Crippen LogP) is 5.60. The lowest BCUT2D eigenvalue weighted by molar-refractivity contribution is -0.278. The lowest BCUT2D eigenvalue weighted by atomic mass is 9.92. The number of furan rings is 1. The van der Waals surface area contributed by atoms with Crippen LogP contribution in [0.25, 0.3) is 6.08 Å². The van der Waals surface area contributed by atoms with Crippen LogP contribution in [0.15, 0.2) is 53.0 Å². The van der Waals surface area contributed by atoms with Gasteiger partial charge in [-0.3, -0.25) is 4.79 Å². The van der Waals surface area contributed by atoms with Gasteiger partial charge in [-0.2, -0.15) is 13.2 Å². The molecule has 0 amide bonds. The molecular weight excluding hydrogens is 453 g/mol. The van der Waals surface area contributed by atoms with E-state index in [2.05, 4.69) is 4.74 Å². The Bertz CT molecular complexity index is 951. The molecule has 0 saturated carbocycles. The van der Waals surface area contributed by atoms with E-state index in [4.69, 9.17) is 13.9 Å². The molecule has 0 bridgehead atoms. The van der Waals surface area contributed by atoms with Crippen LogP contribution >= 0.6 is 0 Å². The SMILES string of the molecule is COC(=O)CCc1ccc(/C=C/CCC[C@H](C)OC(=O)[C@](OC)(c2ccccc2)C(F)(F)F)o1. The van der Waals surface area contributed by atoms with Crippen LogP contribution in [0.2, 0.25) is 0 Å². The van der Waals surface area contributed by atoms with E-state index < -0.39 is 23.9 Å². The fraction of sp³-hybridized carbons (Fsp3) is 0.440. The number of carbonyl (C=O) groups is 2. The third-order valence-corrected chi connectivity index (χ3v) is 5.23. The van der Waals surface area contributed by atoms with E-state index in [9.17, 15) is 22.8 Å². The standard InChI is InChI=1S/C25H29F3O6/c1-18(10-6-4-9-13-20-14-15-21(34-20)16-17-22(29)31-2)33-23(30)24(32-3,25(26,27)28)19-11-7-5-8-12-19/h5,7-9,11-15,18H,4,6,10,16-17H2,1-3H3/b13-9+/t18-,24+/m0/s1. The second-order valence-electron chi connectivity index (χ2n) is 7.68. The number of halogens is 3. The second kappa shape index (κ2) is 12.4. The molecule has 6 nitrogen and oxygen atoms in total. The third kappa shape index (κ3) is 6.96. The van der Waals surface area contributed by atoms with Gasteiger partial charge in [0.1, 0.15) is 11.5 Å². The van der Waals surface area contributed by atoms with Crippen molar-refractivity contribution in [3.05, 3.63) is 65.6 Å². The number of carbonyl (C=O) groups excluding carboxylic acids is 2. The van der Waals surface area contributed by atoms with Gasteiger partial charge in [-0.05, 0) is 44.4 Å². The molecule has 0 spiro atoms. The maximum atomic E-state index is 13.9. The molecule has 1 aromatic heterocycles. The van der Waals surface area contributed by atoms with E-state index in [-0.39, 0.29) is 18.0 Å². The summed E-state index contributed by atoms with van der Waals surface area (Å²) in [7, 11) is 2.17. The van der Waals surface area contributed by atoms with E-state index >= 15 is 0 Å². The van der Waals surface area contributed by atoms with Crippen LogP contribution in [0, 0.1) is 0 Å². The van der Waals surface area contributed by atoms with E-state index in [1.807, 2.05) is 6.08 Å². The Labute approximate surface area is 196 Å². The number of benzene rings is 1. The third-order valence-electron chi connectivity index (χ3n) is 5.23. The lowest BCUT2D eigenvalue weighted by Crippen LogP contribution is -2.52. The summed E-state index contributed by atoms with van der Waals surface area (Å²) in [6.07, 6.45) is 0.109. The lowest BCUT2D eigenvalue weighted by Gasteiger charge is -2.33. The Morgan fingerprint density at radius 1 is 1.09 bits per heavy atom. The minimum Gasteiger partial charge on any atom is -0.469 e. The van der Waals surface area contributed by atoms with Crippen molar-refractivity contribution < 1.29 is 41.4 Å². The van der Waals surface area contributed by atoms with Gasteiger partial charge in [-0.25, -0.2) is 4.79 Å². The first kappa shape index (κ1) is 27.2. The number of allylic oxidation sites excluding steroid dienone is 1. The van der Waals surface area contributed by atoms with Gasteiger partial charge in [0.15, 0.2) is 0 Å². The van der Waals surface area contributed by atoms with Gasteiger partial charge in [0.2, 0.25) is 0 Å². The van der Waals surface area contributed by atoms with Crippen molar-refractivity contribution in [1.29, 1.82) is 0 Å². The summed E-state index contributed by atoms with van der Waals surface area (Å²) in [4.78, 5) is 23.8. The first-order chi connectivity index (χ1) is 16.1. The smallest absolute Gasteiger partial charge is 0.432 e. The number of unbranched alkanes of at least 4 members (excludes halogenated alkanes) is 1. The molecule has 0 aliphatic heterocycles. The molecule has 0 fully saturated rings. The van der Waals surface area contributed by atoms with Gasteiger partial charge in [0, 0.05) is 19.1 Å². The number of alkyl halides is 3. The Balaban J connectivity index is 1.87. The summed E-state index contributed by atoms with van der Waals surface area (Å²) >= 11 is 0. The van der Waals surface area contributed by atoms with Gasteiger partial charge >= 0.3 is 18.1 Å². The van der Waals surface area contributed by atoms with Crippen molar-refractivity contribution in [2.24, 2.45) is 0 Å². The molecule has 2 aromatic rings. The molecule has 1 aromatic carbocycles. The molecular formula is C25H29F3O6. The molecule has 34 heavy (non-hydrogen) atoms. The molecule has 0 N–H and O–H groups in total. The van der Waals surface area contributed by atoms with Gasteiger partial charge in [-0.15, -0.1) is 0 Å². The van der Waals surface area contributed by atoms with E-state index in [1.54, 1.807) is 31.2 Å². The number of hydrogen-bond donors (Lipinski definition) is 0. The minimum atomic E-state index is -5.00. The Morgan fingerprint density at radius 3 is 2.41 bits per heavy atom. The normalized spacial score (nSPS) is 14.5. The van der Waals surface area contributed by atoms with Gasteiger partial charge in [0.05, 0.1) is 19.6 Å². The Hall–Kier alpha value is -3.07. The number of aryl methyl sites for hydroxylation is 1. The average Bonchev–Trinajstić information content (AvgIpc) is 3.25. The van der Waals surface area contributed by atoms with Gasteiger partial charge < -0.3 is 18.6 Å². The fourth-order valence-corrected chi connectivity index (χ4v) is 3.38. The molecule has 0 aliphatic rings. The van der Waals surface area contributed by atoms with Crippen LogP contribution in [0.3, 0.4) is 0 Å². The number of hydrogen-bond acceptors (Lipinski definition) is 6. The van der Waals surface area contributed by atoms with E-state index in [1.165, 1.54) is 31.4 Å². The van der Waals surface area contributed by atoms with Gasteiger partial charge in [0.25, 0.3) is 5.60 Å². The van der Waals surface area contributed by atoms with Gasteiger partial charge in [-0.1, -0.05) is 36.4 Å². The summed E-state index contributed by atoms with van der Waals surface area (Å²) in [5, 5.41) is 0. The molecule has 2 atom stereocenters. The molecule has 0 aliphatic carbocycles. The molecule has 0 unspecified atom stereocenters. The highest BCUT2D eigenvalue weighted by Crippen LogP contribution is 2.43. The van der Waals surface area contributed by atoms with Crippen molar-refractivity contribution in [1.82, 2.24) is 0 Å². The molecule has 186 valence electrons. The summed E-state index contributed by atoms with van der Waals surface area (Å²) in [5.41, 5.74) is -3.53. The van der Waals surface area contributed by atoms with Crippen molar-refractivity contribution in [2.45, 2.75) is 56.9 Å². The van der Waals surface area contributed by atoms with Crippen LogP contribution in [0.5, 0.6) is 0 Å². The molecule has 0 radical (unpaired) electrons. The van der Waals surface area contributed by atoms with Crippen LogP contribution < -0.4 is 0 Å². The highest BCUT2D eigenvalue weighted by molar-refractivity contribution is 5.82. The van der Waals surface area contributed by atoms with Crippen molar-refractivity contribution >= 4 is 18.0 Å². The first-order valence-electron chi connectivity index (χ1n) is 10.8. The molecule has 9 heteroatoms. The highest BCUT2D eigenvalue weighted by Gasteiger charge is 2.64. The van der Waals surface area contributed by atoms with Crippen molar-refractivity contribution in [3.8, 4) is 0 Å². The highest BCUT2D eigenvalue weighted by atomic mass is 19.4. The van der Waals surface area contributed by atoms with E-state index in [0.29, 0.717) is 37.2 Å². The van der Waals surface area contributed by atoms with Crippen LogP contribution in [0.1, 0.15) is 49.7 Å². The first-order valence-corrected chi connectivity index (χ1v) is 10.8. The fourth-order valence-electron chi connectivity index (χ4n) is 3.38. The van der Waals surface area contributed by atoms with E-state index in [0.717, 1.165) is 7.11 Å². The number of esters is 2. The maximum absolute atomic E-state index is 13.9. The monoisotopic (exact) mass is 482 g/mol. The quantitative estimate of drug-likeness (QED) is 0.289. The summed E-state index contributed by atoms with van der Waals surface area (Å²) in [6.45, 7) is 1.55. The number of ether oxygens (including phenoxy) is 3. The summed E-state index contributed by atoms with van der Waals surface area (Å²) < 4.78 is 61.8. The average molecular weight is 482 g/mol. The zero-order valence-electron chi connectivity index (χ0n) is 19.4. The number of rotatable bonds is 12. The van der Waals surface area contributed by atoms with Crippen molar-refractivity contribution in [3.63, 3.8) is 0 Å². The van der Waals surface area contributed by atoms with Crippen LogP contribution in [0.4, 0.5) is 13.2 Å². The Morgan fingerprint density at radius 2 is 1.79 bits per heavy atom. The summed E-state index contributed by atoms with van der Waals surface area (Å²) in [5.74, 6) is -0.524. The minimum absolute atomic E-state index is 0.229. The summed E-state index contributed by atoms with van der Waals surface area (Å²) in [6, 6.07) is 10.3. The predicted molar refractivity (Wildman–Crippen MR) is 119 cm³/mol.